The maximum Gasteiger partial charge on any atom is 0.227 e. The third-order valence-electron chi connectivity index (χ3n) is 4.51. The summed E-state index contributed by atoms with van der Waals surface area (Å²) in [6.45, 7) is 3.00. The number of rotatable bonds is 3. The summed E-state index contributed by atoms with van der Waals surface area (Å²) in [4.78, 5) is 26.4. The molecular formula is C18H21Cl2N5OS. The van der Waals surface area contributed by atoms with E-state index in [2.05, 4.69) is 20.9 Å². The summed E-state index contributed by atoms with van der Waals surface area (Å²) in [5, 5.41) is 3.13. The minimum Gasteiger partial charge on any atom is -0.399 e. The highest BCUT2D eigenvalue weighted by molar-refractivity contribution is 7.16. The Hall–Kier alpha value is -2.09. The molecule has 1 fully saturated rings. The molecule has 3 aromatic rings. The number of hydrogen-bond acceptors (Lipinski definition) is 6. The van der Waals surface area contributed by atoms with E-state index < -0.39 is 0 Å². The predicted octanol–water partition coefficient (Wildman–Crippen LogP) is 3.01. The van der Waals surface area contributed by atoms with Crippen molar-refractivity contribution in [1.82, 2.24) is 14.9 Å². The number of nitrogen functional groups attached to an aromatic ring is 1. The average Bonchev–Trinajstić information content (AvgIpc) is 3.12. The predicted molar refractivity (Wildman–Crippen MR) is 115 cm³/mol. The minimum absolute atomic E-state index is 0. The van der Waals surface area contributed by atoms with E-state index in [0.717, 1.165) is 40.4 Å². The van der Waals surface area contributed by atoms with Gasteiger partial charge in [0.1, 0.15) is 17.0 Å². The number of carbonyl (C=O) groups is 1. The summed E-state index contributed by atoms with van der Waals surface area (Å²) in [7, 11) is 0. The molecule has 2 N–H and O–H groups in total. The molecule has 1 saturated heterocycles. The molecule has 0 saturated carbocycles. The van der Waals surface area contributed by atoms with Gasteiger partial charge in [-0.1, -0.05) is 12.1 Å². The van der Waals surface area contributed by atoms with Crippen molar-refractivity contribution in [3.05, 3.63) is 47.6 Å². The first-order valence-corrected chi connectivity index (χ1v) is 9.14. The molecule has 1 amide bonds. The van der Waals surface area contributed by atoms with Gasteiger partial charge in [0.25, 0.3) is 0 Å². The molecule has 2 aromatic heterocycles. The van der Waals surface area contributed by atoms with E-state index in [-0.39, 0.29) is 30.7 Å². The van der Waals surface area contributed by atoms with E-state index in [1.165, 1.54) is 0 Å². The Kier molecular flexibility index (Phi) is 7.24. The van der Waals surface area contributed by atoms with E-state index in [0.29, 0.717) is 19.5 Å². The van der Waals surface area contributed by atoms with Crippen molar-refractivity contribution in [3.8, 4) is 0 Å². The van der Waals surface area contributed by atoms with E-state index >= 15 is 0 Å². The minimum atomic E-state index is 0. The molecule has 0 radical (unpaired) electrons. The molecule has 0 atom stereocenters. The van der Waals surface area contributed by atoms with Crippen LogP contribution in [0.5, 0.6) is 0 Å². The number of anilines is 2. The lowest BCUT2D eigenvalue weighted by Gasteiger charge is -2.35. The lowest BCUT2D eigenvalue weighted by Crippen LogP contribution is -2.49. The van der Waals surface area contributed by atoms with Crippen LogP contribution in [-0.4, -0.2) is 47.0 Å². The van der Waals surface area contributed by atoms with Crippen LogP contribution in [0.2, 0.25) is 0 Å². The van der Waals surface area contributed by atoms with Gasteiger partial charge in [-0.3, -0.25) is 4.79 Å². The third kappa shape index (κ3) is 4.61. The zero-order chi connectivity index (χ0) is 17.2. The maximum atomic E-state index is 12.5. The number of fused-ring (bicyclic) bond motifs is 1. The first-order valence-electron chi connectivity index (χ1n) is 8.26. The quantitative estimate of drug-likeness (QED) is 0.652. The summed E-state index contributed by atoms with van der Waals surface area (Å²) in [6, 6.07) is 9.56. The lowest BCUT2D eigenvalue weighted by atomic mass is 10.1. The highest BCUT2D eigenvalue weighted by Gasteiger charge is 2.23. The Bertz CT molecular complexity index is 894. The van der Waals surface area contributed by atoms with Crippen molar-refractivity contribution >= 4 is 63.8 Å². The molecule has 6 nitrogen and oxygen atoms in total. The number of thiophene rings is 1. The van der Waals surface area contributed by atoms with Crippen molar-refractivity contribution in [1.29, 1.82) is 0 Å². The fraction of sp³-hybridized carbons (Fsp3) is 0.278. The second-order valence-corrected chi connectivity index (χ2v) is 7.02. The van der Waals surface area contributed by atoms with Crippen LogP contribution in [0.3, 0.4) is 0 Å². The Balaban J connectivity index is 0.00000131. The molecule has 3 heterocycles. The van der Waals surface area contributed by atoms with Gasteiger partial charge in [-0.25, -0.2) is 9.97 Å². The molecule has 9 heteroatoms. The van der Waals surface area contributed by atoms with Gasteiger partial charge < -0.3 is 15.5 Å². The number of hydrogen-bond donors (Lipinski definition) is 1. The largest absolute Gasteiger partial charge is 0.399 e. The summed E-state index contributed by atoms with van der Waals surface area (Å²) in [6.07, 6.45) is 2.04. The van der Waals surface area contributed by atoms with E-state index in [1.54, 1.807) is 17.7 Å². The summed E-state index contributed by atoms with van der Waals surface area (Å²) in [5.74, 6) is 1.13. The zero-order valence-electron chi connectivity index (χ0n) is 14.6. The van der Waals surface area contributed by atoms with Gasteiger partial charge in [0.05, 0.1) is 11.8 Å². The highest BCUT2D eigenvalue weighted by atomic mass is 35.5. The fourth-order valence-corrected chi connectivity index (χ4v) is 3.85. The zero-order valence-corrected chi connectivity index (χ0v) is 17.0. The van der Waals surface area contributed by atoms with Gasteiger partial charge in [-0.2, -0.15) is 0 Å². The smallest absolute Gasteiger partial charge is 0.227 e. The molecular weight excluding hydrogens is 405 g/mol. The topological polar surface area (TPSA) is 75.4 Å². The highest BCUT2D eigenvalue weighted by Crippen LogP contribution is 2.27. The van der Waals surface area contributed by atoms with Crippen LogP contribution in [0, 0.1) is 0 Å². The molecule has 144 valence electrons. The first-order chi connectivity index (χ1) is 12.2. The van der Waals surface area contributed by atoms with Gasteiger partial charge in [0.2, 0.25) is 5.91 Å². The van der Waals surface area contributed by atoms with Crippen molar-refractivity contribution < 1.29 is 4.79 Å². The summed E-state index contributed by atoms with van der Waals surface area (Å²) >= 11 is 1.62. The Morgan fingerprint density at radius 2 is 1.74 bits per heavy atom. The molecule has 1 aromatic carbocycles. The van der Waals surface area contributed by atoms with Crippen LogP contribution in [0.15, 0.2) is 42.0 Å². The van der Waals surface area contributed by atoms with E-state index in [9.17, 15) is 4.79 Å². The van der Waals surface area contributed by atoms with Crippen LogP contribution >= 0.6 is 36.2 Å². The van der Waals surface area contributed by atoms with Crippen LogP contribution in [0.25, 0.3) is 10.2 Å². The number of piperazine rings is 1. The van der Waals surface area contributed by atoms with Gasteiger partial charge >= 0.3 is 0 Å². The van der Waals surface area contributed by atoms with Crippen molar-refractivity contribution in [3.63, 3.8) is 0 Å². The van der Waals surface area contributed by atoms with Crippen molar-refractivity contribution in [2.75, 3.05) is 36.8 Å². The third-order valence-corrected chi connectivity index (χ3v) is 5.33. The first kappa shape index (κ1) is 21.2. The standard InChI is InChI=1S/C18H19N5OS.2ClH/c19-14-3-1-13(2-4-14)11-16(24)22-6-8-23(9-7-22)17-15-5-10-25-18(15)21-12-20-17;;/h1-5,10,12H,6-9,11,19H2;2*1H. The molecule has 0 bridgehead atoms. The second kappa shape index (κ2) is 9.21. The molecule has 0 spiro atoms. The fourth-order valence-electron chi connectivity index (χ4n) is 3.12. The van der Waals surface area contributed by atoms with Gasteiger partial charge in [0.15, 0.2) is 0 Å². The Labute approximate surface area is 174 Å². The Morgan fingerprint density at radius 1 is 1.04 bits per heavy atom. The number of halogens is 2. The summed E-state index contributed by atoms with van der Waals surface area (Å²) < 4.78 is 0. The summed E-state index contributed by atoms with van der Waals surface area (Å²) in [5.41, 5.74) is 7.41. The van der Waals surface area contributed by atoms with Gasteiger partial charge in [0, 0.05) is 31.9 Å². The molecule has 1 aliphatic heterocycles. The number of nitrogens with zero attached hydrogens (tertiary/aromatic N) is 4. The van der Waals surface area contributed by atoms with Crippen LogP contribution < -0.4 is 10.6 Å². The molecule has 4 rings (SSSR count). The second-order valence-electron chi connectivity index (χ2n) is 6.12. The number of amides is 1. The van der Waals surface area contributed by atoms with Crippen molar-refractivity contribution in [2.45, 2.75) is 6.42 Å². The van der Waals surface area contributed by atoms with Gasteiger partial charge in [-0.15, -0.1) is 36.2 Å². The number of carbonyl (C=O) groups excluding carboxylic acids is 1. The van der Waals surface area contributed by atoms with Crippen LogP contribution in [-0.2, 0) is 11.2 Å². The van der Waals surface area contributed by atoms with E-state index in [1.807, 2.05) is 34.5 Å². The molecule has 0 unspecified atom stereocenters. The lowest BCUT2D eigenvalue weighted by molar-refractivity contribution is -0.130. The Morgan fingerprint density at radius 3 is 2.44 bits per heavy atom. The van der Waals surface area contributed by atoms with Crippen LogP contribution in [0.4, 0.5) is 11.5 Å². The number of nitrogens with two attached hydrogens (primary N) is 1. The normalized spacial score (nSPS) is 13.8. The number of benzene rings is 1. The van der Waals surface area contributed by atoms with Gasteiger partial charge in [-0.05, 0) is 29.1 Å². The maximum absolute atomic E-state index is 12.5. The number of aromatic nitrogens is 2. The SMILES string of the molecule is Cl.Cl.Nc1ccc(CC(=O)N2CCN(c3ncnc4sccc34)CC2)cc1. The van der Waals surface area contributed by atoms with Crippen LogP contribution in [0.1, 0.15) is 5.56 Å². The molecule has 1 aliphatic rings. The van der Waals surface area contributed by atoms with E-state index in [4.69, 9.17) is 5.73 Å². The molecule has 27 heavy (non-hydrogen) atoms. The monoisotopic (exact) mass is 425 g/mol. The molecule has 0 aliphatic carbocycles. The average molecular weight is 426 g/mol. The van der Waals surface area contributed by atoms with Crippen molar-refractivity contribution in [2.24, 2.45) is 0 Å².